The van der Waals surface area contributed by atoms with Crippen molar-refractivity contribution < 1.29 is 42.4 Å². The highest BCUT2D eigenvalue weighted by Crippen LogP contribution is 2.44. The molecule has 4 aromatic carbocycles. The molecule has 1 heterocycles. The number of aromatic hydroxyl groups is 2. The Hall–Kier alpha value is -5.39. The van der Waals surface area contributed by atoms with E-state index in [0.29, 0.717) is 5.56 Å². The second-order valence-corrected chi connectivity index (χ2v) is 8.94. The molecule has 0 unspecified atom stereocenters. The number of carbonyl (C=O) groups is 1. The maximum absolute atomic E-state index is 14.2. The van der Waals surface area contributed by atoms with Gasteiger partial charge in [0.25, 0.3) is 0 Å². The standard InChI is InChI=1S/C29H19F4N3O5/c1-15-8-10-18(14-22(15)29(31,32)33)36-24-11-9-17(30)13-21(24)25(27(36)38)35-34-23-7-3-6-20(26(23)37)16-4-2-5-19(12-16)41-28(39)40/h2-14,37-38H,1H3,(H,39,40). The van der Waals surface area contributed by atoms with Crippen LogP contribution in [0.4, 0.5) is 33.7 Å². The number of alkyl halides is 3. The molecular weight excluding hydrogens is 546 g/mol. The molecule has 0 fully saturated rings. The fraction of sp³-hybridized carbons (Fsp3) is 0.0690. The number of fused-ring (bicyclic) bond motifs is 1. The van der Waals surface area contributed by atoms with Gasteiger partial charge >= 0.3 is 12.3 Å². The first kappa shape index (κ1) is 27.2. The van der Waals surface area contributed by atoms with Gasteiger partial charge in [0.2, 0.25) is 5.88 Å². The Morgan fingerprint density at radius 1 is 0.927 bits per heavy atom. The summed E-state index contributed by atoms with van der Waals surface area (Å²) in [5.41, 5.74) is -0.419. The van der Waals surface area contributed by atoms with Crippen molar-refractivity contribution in [3.05, 3.63) is 95.8 Å². The van der Waals surface area contributed by atoms with E-state index in [4.69, 9.17) is 5.11 Å². The van der Waals surface area contributed by atoms with E-state index >= 15 is 0 Å². The molecule has 0 aliphatic heterocycles. The van der Waals surface area contributed by atoms with Crippen LogP contribution in [0.3, 0.4) is 0 Å². The molecule has 0 atom stereocenters. The number of azo groups is 1. The number of carboxylic acid groups (broad SMARTS) is 1. The van der Waals surface area contributed by atoms with Crippen molar-refractivity contribution in [3.63, 3.8) is 0 Å². The first-order chi connectivity index (χ1) is 19.4. The van der Waals surface area contributed by atoms with Crippen LogP contribution in [0, 0.1) is 12.7 Å². The highest BCUT2D eigenvalue weighted by molar-refractivity contribution is 5.96. The number of rotatable bonds is 5. The molecule has 0 saturated carbocycles. The van der Waals surface area contributed by atoms with Crippen LogP contribution in [-0.2, 0) is 6.18 Å². The van der Waals surface area contributed by atoms with Gasteiger partial charge in [0.1, 0.15) is 17.3 Å². The lowest BCUT2D eigenvalue weighted by molar-refractivity contribution is -0.138. The Morgan fingerprint density at radius 3 is 2.41 bits per heavy atom. The van der Waals surface area contributed by atoms with Gasteiger partial charge < -0.3 is 20.1 Å². The van der Waals surface area contributed by atoms with Crippen LogP contribution >= 0.6 is 0 Å². The fourth-order valence-electron chi connectivity index (χ4n) is 4.42. The molecule has 208 valence electrons. The molecule has 0 aliphatic rings. The van der Waals surface area contributed by atoms with Crippen molar-refractivity contribution in [2.45, 2.75) is 13.1 Å². The molecule has 0 saturated heterocycles. The minimum atomic E-state index is -4.64. The first-order valence-corrected chi connectivity index (χ1v) is 11.9. The molecule has 5 rings (SSSR count). The Morgan fingerprint density at radius 2 is 1.68 bits per heavy atom. The third kappa shape index (κ3) is 5.26. The van der Waals surface area contributed by atoms with E-state index in [0.717, 1.165) is 22.8 Å². The van der Waals surface area contributed by atoms with E-state index in [-0.39, 0.29) is 50.6 Å². The van der Waals surface area contributed by atoms with E-state index in [1.165, 1.54) is 49.4 Å². The molecule has 12 heteroatoms. The van der Waals surface area contributed by atoms with Crippen molar-refractivity contribution in [1.82, 2.24) is 4.57 Å². The van der Waals surface area contributed by atoms with Gasteiger partial charge in [-0.05, 0) is 66.6 Å². The van der Waals surface area contributed by atoms with E-state index in [9.17, 15) is 32.6 Å². The van der Waals surface area contributed by atoms with Gasteiger partial charge in [0, 0.05) is 16.6 Å². The van der Waals surface area contributed by atoms with Crippen LogP contribution in [0.1, 0.15) is 11.1 Å². The maximum Gasteiger partial charge on any atom is 0.511 e. The van der Waals surface area contributed by atoms with Gasteiger partial charge in [0.05, 0.1) is 11.1 Å². The van der Waals surface area contributed by atoms with Crippen molar-refractivity contribution in [3.8, 4) is 34.2 Å². The Kier molecular flexibility index (Phi) is 6.83. The summed E-state index contributed by atoms with van der Waals surface area (Å²) in [6, 6.07) is 17.4. The third-order valence-electron chi connectivity index (χ3n) is 6.29. The van der Waals surface area contributed by atoms with E-state index in [1.807, 2.05) is 0 Å². The monoisotopic (exact) mass is 565 g/mol. The molecular formula is C29H19F4N3O5. The van der Waals surface area contributed by atoms with Crippen molar-refractivity contribution >= 4 is 28.4 Å². The molecule has 0 bridgehead atoms. The van der Waals surface area contributed by atoms with Crippen molar-refractivity contribution in [1.29, 1.82) is 0 Å². The minimum Gasteiger partial charge on any atom is -0.505 e. The van der Waals surface area contributed by atoms with Crippen molar-refractivity contribution in [2.24, 2.45) is 10.2 Å². The van der Waals surface area contributed by atoms with E-state index in [1.54, 1.807) is 18.2 Å². The number of hydrogen-bond acceptors (Lipinski definition) is 6. The topological polar surface area (TPSA) is 117 Å². The number of aryl methyl sites for hydroxylation is 1. The smallest absolute Gasteiger partial charge is 0.505 e. The van der Waals surface area contributed by atoms with E-state index in [2.05, 4.69) is 15.0 Å². The summed E-state index contributed by atoms with van der Waals surface area (Å²) in [6.45, 7) is 1.31. The Balaban J connectivity index is 1.61. The zero-order valence-electron chi connectivity index (χ0n) is 21.0. The number of nitrogens with zero attached hydrogens (tertiary/aromatic N) is 3. The summed E-state index contributed by atoms with van der Waals surface area (Å²) < 4.78 is 60.7. The number of phenolic OH excluding ortho intramolecular Hbond substituents is 1. The SMILES string of the molecule is Cc1ccc(-n2c(O)c(N=Nc3cccc(-c4cccc(OC(=O)O)c4)c3O)c3cc(F)ccc32)cc1C(F)(F)F. The first-order valence-electron chi connectivity index (χ1n) is 11.9. The third-order valence-corrected chi connectivity index (χ3v) is 6.29. The molecule has 0 aliphatic carbocycles. The number of para-hydroxylation sites is 1. The number of ether oxygens (including phenoxy) is 1. The summed E-state index contributed by atoms with van der Waals surface area (Å²) in [5, 5.41) is 39.0. The van der Waals surface area contributed by atoms with Crippen LogP contribution < -0.4 is 4.74 Å². The highest BCUT2D eigenvalue weighted by Gasteiger charge is 2.33. The molecule has 0 radical (unpaired) electrons. The summed E-state index contributed by atoms with van der Waals surface area (Å²) in [5.74, 6) is -1.60. The Bertz CT molecular complexity index is 1850. The predicted octanol–water partition coefficient (Wildman–Crippen LogP) is 8.65. The van der Waals surface area contributed by atoms with Crippen molar-refractivity contribution in [2.75, 3.05) is 0 Å². The van der Waals surface area contributed by atoms with Crippen LogP contribution in [0.15, 0.2) is 89.1 Å². The number of halogens is 4. The second-order valence-electron chi connectivity index (χ2n) is 8.94. The lowest BCUT2D eigenvalue weighted by Gasteiger charge is -2.14. The molecule has 3 N–H and O–H groups in total. The predicted molar refractivity (Wildman–Crippen MR) is 141 cm³/mol. The number of aromatic nitrogens is 1. The Labute approximate surface area is 229 Å². The van der Waals surface area contributed by atoms with E-state index < -0.39 is 29.6 Å². The maximum atomic E-state index is 14.2. The van der Waals surface area contributed by atoms with Gasteiger partial charge in [-0.2, -0.15) is 13.2 Å². The fourth-order valence-corrected chi connectivity index (χ4v) is 4.42. The molecule has 5 aromatic rings. The molecule has 41 heavy (non-hydrogen) atoms. The minimum absolute atomic E-state index is 0.0152. The average Bonchev–Trinajstić information content (AvgIpc) is 3.17. The van der Waals surface area contributed by atoms with Crippen LogP contribution in [0.2, 0.25) is 0 Å². The van der Waals surface area contributed by atoms with Crippen LogP contribution in [-0.4, -0.2) is 26.0 Å². The summed E-state index contributed by atoms with van der Waals surface area (Å²) in [4.78, 5) is 10.9. The zero-order valence-corrected chi connectivity index (χ0v) is 21.0. The quantitative estimate of drug-likeness (QED) is 0.0853. The van der Waals surface area contributed by atoms with Crippen LogP contribution in [0.5, 0.6) is 17.4 Å². The van der Waals surface area contributed by atoms with Gasteiger partial charge in [0.15, 0.2) is 11.4 Å². The number of phenols is 1. The summed E-state index contributed by atoms with van der Waals surface area (Å²) in [6.07, 6.45) is -6.15. The summed E-state index contributed by atoms with van der Waals surface area (Å²) >= 11 is 0. The van der Waals surface area contributed by atoms with Gasteiger partial charge in [-0.3, -0.25) is 4.57 Å². The van der Waals surface area contributed by atoms with Crippen LogP contribution in [0.25, 0.3) is 27.7 Å². The highest BCUT2D eigenvalue weighted by atomic mass is 19.4. The van der Waals surface area contributed by atoms with Gasteiger partial charge in [-0.1, -0.05) is 30.3 Å². The molecule has 0 amide bonds. The molecule has 0 spiro atoms. The number of benzene rings is 4. The number of hydrogen-bond donors (Lipinski definition) is 3. The lowest BCUT2D eigenvalue weighted by atomic mass is 10.0. The summed E-state index contributed by atoms with van der Waals surface area (Å²) in [7, 11) is 0. The largest absolute Gasteiger partial charge is 0.511 e. The normalized spacial score (nSPS) is 11.8. The molecule has 1 aromatic heterocycles. The second kappa shape index (κ2) is 10.3. The van der Waals surface area contributed by atoms with Gasteiger partial charge in [-0.25, -0.2) is 9.18 Å². The average molecular weight is 565 g/mol. The molecule has 8 nitrogen and oxygen atoms in total. The lowest BCUT2D eigenvalue weighted by Crippen LogP contribution is -2.08. The van der Waals surface area contributed by atoms with Gasteiger partial charge in [-0.15, -0.1) is 10.2 Å². The zero-order chi connectivity index (χ0) is 29.5.